The lowest BCUT2D eigenvalue weighted by molar-refractivity contribution is -0.118. The van der Waals surface area contributed by atoms with Crippen LogP contribution in [0.15, 0.2) is 30.6 Å². The average molecular weight is 387 g/mol. The number of nitrogens with one attached hydrogen (secondary N) is 2. The zero-order chi connectivity index (χ0) is 19.9. The molecule has 1 aliphatic rings. The van der Waals surface area contributed by atoms with Gasteiger partial charge in [-0.2, -0.15) is 0 Å². The van der Waals surface area contributed by atoms with E-state index >= 15 is 0 Å². The molecule has 1 fully saturated rings. The molecule has 0 aliphatic carbocycles. The standard InChI is InChI=1S/C20H29N5O3/c1-4-27-17-7-6-15(12-18(17)28-5-2)23-19(26)14-25-11-8-21-13-16(25)20-22-9-10-24(20)3/h6-7,9-10,12,16,21H,4-5,8,11,13-14H2,1-3H3,(H,23,26). The number of anilines is 1. The molecule has 0 radical (unpaired) electrons. The van der Waals surface area contributed by atoms with Crippen LogP contribution in [0.2, 0.25) is 0 Å². The maximum Gasteiger partial charge on any atom is 0.238 e. The SMILES string of the molecule is CCOc1ccc(NC(=O)CN2CCNCC2c2nccn2C)cc1OCC. The Hall–Kier alpha value is -2.58. The molecule has 1 aliphatic heterocycles. The molecule has 1 amide bonds. The highest BCUT2D eigenvalue weighted by molar-refractivity contribution is 5.92. The fourth-order valence-corrected chi connectivity index (χ4v) is 3.40. The summed E-state index contributed by atoms with van der Waals surface area (Å²) < 4.78 is 13.2. The normalized spacial score (nSPS) is 17.3. The Labute approximate surface area is 165 Å². The van der Waals surface area contributed by atoms with Crippen LogP contribution in [0.1, 0.15) is 25.7 Å². The maximum atomic E-state index is 12.7. The summed E-state index contributed by atoms with van der Waals surface area (Å²) in [7, 11) is 1.98. The summed E-state index contributed by atoms with van der Waals surface area (Å²) in [6.07, 6.45) is 3.72. The van der Waals surface area contributed by atoms with Crippen LogP contribution in [0, 0.1) is 0 Å². The molecular formula is C20H29N5O3. The van der Waals surface area contributed by atoms with E-state index in [0.29, 0.717) is 36.9 Å². The first-order valence-corrected chi connectivity index (χ1v) is 9.73. The number of benzene rings is 1. The highest BCUT2D eigenvalue weighted by atomic mass is 16.5. The lowest BCUT2D eigenvalue weighted by atomic mass is 10.1. The van der Waals surface area contributed by atoms with Gasteiger partial charge in [-0.1, -0.05) is 0 Å². The fraction of sp³-hybridized carbons (Fsp3) is 0.500. The van der Waals surface area contributed by atoms with E-state index in [1.54, 1.807) is 12.3 Å². The lowest BCUT2D eigenvalue weighted by Gasteiger charge is -2.35. The molecule has 1 aromatic carbocycles. The summed E-state index contributed by atoms with van der Waals surface area (Å²) in [4.78, 5) is 19.3. The minimum Gasteiger partial charge on any atom is -0.490 e. The molecule has 1 saturated heterocycles. The lowest BCUT2D eigenvalue weighted by Crippen LogP contribution is -2.49. The topological polar surface area (TPSA) is 80.7 Å². The van der Waals surface area contributed by atoms with Crippen molar-refractivity contribution in [2.75, 3.05) is 44.7 Å². The van der Waals surface area contributed by atoms with Crippen molar-refractivity contribution in [2.24, 2.45) is 7.05 Å². The van der Waals surface area contributed by atoms with Crippen molar-refractivity contribution in [1.29, 1.82) is 0 Å². The molecule has 2 heterocycles. The number of carbonyl (C=O) groups is 1. The van der Waals surface area contributed by atoms with Crippen LogP contribution in [0.5, 0.6) is 11.5 Å². The molecule has 8 nitrogen and oxygen atoms in total. The van der Waals surface area contributed by atoms with Crippen molar-refractivity contribution in [3.63, 3.8) is 0 Å². The summed E-state index contributed by atoms with van der Waals surface area (Å²) in [6, 6.07) is 5.53. The number of nitrogens with zero attached hydrogens (tertiary/aromatic N) is 3. The first-order chi connectivity index (χ1) is 13.6. The predicted molar refractivity (Wildman–Crippen MR) is 108 cm³/mol. The molecule has 152 valence electrons. The number of hydrogen-bond donors (Lipinski definition) is 2. The van der Waals surface area contributed by atoms with Gasteiger partial charge in [-0.3, -0.25) is 9.69 Å². The summed E-state index contributed by atoms with van der Waals surface area (Å²) in [6.45, 7) is 7.66. The molecule has 1 unspecified atom stereocenters. The summed E-state index contributed by atoms with van der Waals surface area (Å²) in [5.41, 5.74) is 0.695. The molecule has 0 saturated carbocycles. The van der Waals surface area contributed by atoms with Gasteiger partial charge in [-0.25, -0.2) is 4.98 Å². The highest BCUT2D eigenvalue weighted by Crippen LogP contribution is 2.30. The quantitative estimate of drug-likeness (QED) is 0.719. The second-order valence-electron chi connectivity index (χ2n) is 6.66. The van der Waals surface area contributed by atoms with Crippen molar-refractivity contribution < 1.29 is 14.3 Å². The van der Waals surface area contributed by atoms with Gasteiger partial charge in [0.25, 0.3) is 0 Å². The second kappa shape index (κ2) is 9.57. The molecule has 3 rings (SSSR count). The number of ether oxygens (including phenoxy) is 2. The fourth-order valence-electron chi connectivity index (χ4n) is 3.40. The van der Waals surface area contributed by atoms with Crippen LogP contribution in [0.4, 0.5) is 5.69 Å². The van der Waals surface area contributed by atoms with Crippen molar-refractivity contribution in [3.8, 4) is 11.5 Å². The maximum absolute atomic E-state index is 12.7. The Kier molecular flexibility index (Phi) is 6.89. The van der Waals surface area contributed by atoms with Gasteiger partial charge < -0.3 is 24.7 Å². The largest absolute Gasteiger partial charge is 0.490 e. The Morgan fingerprint density at radius 3 is 2.79 bits per heavy atom. The summed E-state index contributed by atoms with van der Waals surface area (Å²) in [5, 5.41) is 6.36. The smallest absolute Gasteiger partial charge is 0.238 e. The van der Waals surface area contributed by atoms with Crippen molar-refractivity contribution in [2.45, 2.75) is 19.9 Å². The minimum absolute atomic E-state index is 0.0623. The third-order valence-corrected chi connectivity index (χ3v) is 4.68. The average Bonchev–Trinajstić information content (AvgIpc) is 3.10. The van der Waals surface area contributed by atoms with Gasteiger partial charge in [0.05, 0.1) is 25.8 Å². The first kappa shape index (κ1) is 20.2. The molecule has 1 aromatic heterocycles. The first-order valence-electron chi connectivity index (χ1n) is 9.73. The molecule has 1 atom stereocenters. The van der Waals surface area contributed by atoms with Gasteiger partial charge in [0.15, 0.2) is 11.5 Å². The van der Waals surface area contributed by atoms with Crippen LogP contribution in [-0.2, 0) is 11.8 Å². The van der Waals surface area contributed by atoms with E-state index in [4.69, 9.17) is 9.47 Å². The van der Waals surface area contributed by atoms with E-state index in [1.165, 1.54) is 0 Å². The van der Waals surface area contributed by atoms with Gasteiger partial charge in [0, 0.05) is 50.8 Å². The van der Waals surface area contributed by atoms with E-state index < -0.39 is 0 Å². The van der Waals surface area contributed by atoms with Gasteiger partial charge in [-0.05, 0) is 26.0 Å². The molecule has 2 aromatic rings. The molecule has 8 heteroatoms. The highest BCUT2D eigenvalue weighted by Gasteiger charge is 2.28. The minimum atomic E-state index is -0.0623. The predicted octanol–water partition coefficient (Wildman–Crippen LogP) is 1.80. The third kappa shape index (κ3) is 4.82. The Balaban J connectivity index is 1.67. The number of hydrogen-bond acceptors (Lipinski definition) is 6. The molecular weight excluding hydrogens is 358 g/mol. The molecule has 2 N–H and O–H groups in total. The van der Waals surface area contributed by atoms with Crippen LogP contribution in [0.25, 0.3) is 0 Å². The Bertz CT molecular complexity index is 792. The molecule has 0 spiro atoms. The number of carbonyl (C=O) groups excluding carboxylic acids is 1. The number of rotatable bonds is 8. The van der Waals surface area contributed by atoms with Crippen LogP contribution >= 0.6 is 0 Å². The molecule has 28 heavy (non-hydrogen) atoms. The van der Waals surface area contributed by atoms with E-state index in [9.17, 15) is 4.79 Å². The zero-order valence-corrected chi connectivity index (χ0v) is 16.8. The summed E-state index contributed by atoms with van der Waals surface area (Å²) >= 11 is 0. The van der Waals surface area contributed by atoms with Gasteiger partial charge in [0.2, 0.25) is 5.91 Å². The van der Waals surface area contributed by atoms with Crippen LogP contribution in [0.3, 0.4) is 0 Å². The van der Waals surface area contributed by atoms with Gasteiger partial charge >= 0.3 is 0 Å². The Morgan fingerprint density at radius 1 is 1.29 bits per heavy atom. The second-order valence-corrected chi connectivity index (χ2v) is 6.66. The van der Waals surface area contributed by atoms with E-state index in [2.05, 4.69) is 20.5 Å². The van der Waals surface area contributed by atoms with Crippen LogP contribution in [-0.4, -0.2) is 59.8 Å². The number of piperazine rings is 1. The number of aryl methyl sites for hydroxylation is 1. The number of aromatic nitrogens is 2. The monoisotopic (exact) mass is 387 g/mol. The summed E-state index contributed by atoms with van der Waals surface area (Å²) in [5.74, 6) is 2.21. The zero-order valence-electron chi connectivity index (χ0n) is 16.8. The van der Waals surface area contributed by atoms with E-state index in [1.807, 2.05) is 43.8 Å². The van der Waals surface area contributed by atoms with Crippen molar-refractivity contribution in [3.05, 3.63) is 36.4 Å². The van der Waals surface area contributed by atoms with Crippen LogP contribution < -0.4 is 20.1 Å². The van der Waals surface area contributed by atoms with E-state index in [-0.39, 0.29) is 11.9 Å². The van der Waals surface area contributed by atoms with Gasteiger partial charge in [0.1, 0.15) is 5.82 Å². The molecule has 0 bridgehead atoms. The van der Waals surface area contributed by atoms with Crippen molar-refractivity contribution in [1.82, 2.24) is 19.8 Å². The Morgan fingerprint density at radius 2 is 2.07 bits per heavy atom. The third-order valence-electron chi connectivity index (χ3n) is 4.68. The number of amides is 1. The van der Waals surface area contributed by atoms with Gasteiger partial charge in [-0.15, -0.1) is 0 Å². The van der Waals surface area contributed by atoms with E-state index in [0.717, 1.165) is 25.5 Å². The number of imidazole rings is 1. The van der Waals surface area contributed by atoms with Crippen molar-refractivity contribution >= 4 is 11.6 Å².